The van der Waals surface area contributed by atoms with E-state index in [1.54, 1.807) is 55.1 Å². The Bertz CT molecular complexity index is 1210. The van der Waals surface area contributed by atoms with E-state index >= 15 is 0 Å². The summed E-state index contributed by atoms with van der Waals surface area (Å²) in [4.78, 5) is 12.8. The first-order valence-corrected chi connectivity index (χ1v) is 13.6. The van der Waals surface area contributed by atoms with Gasteiger partial charge in [-0.25, -0.2) is 8.42 Å². The van der Waals surface area contributed by atoms with Crippen molar-refractivity contribution in [3.05, 3.63) is 94.0 Å². The van der Waals surface area contributed by atoms with E-state index in [0.29, 0.717) is 33.6 Å². The highest BCUT2D eigenvalue weighted by atomic mass is 35.5. The molecule has 0 aromatic heterocycles. The highest BCUT2D eigenvalue weighted by Crippen LogP contribution is 2.28. The van der Waals surface area contributed by atoms with E-state index in [0.717, 1.165) is 15.6 Å². The number of anilines is 1. The van der Waals surface area contributed by atoms with Crippen molar-refractivity contribution in [2.75, 3.05) is 23.1 Å². The quantitative estimate of drug-likeness (QED) is 0.354. The number of nitrogens with one attached hydrogen (secondary N) is 1. The monoisotopic (exact) mass is 522 g/mol. The minimum absolute atomic E-state index is 0.113. The number of rotatable bonds is 10. The standard InChI is InChI=1S/C24H24Cl2N2O3S2/c1-18-15-20(25)11-12-23(18)28(33(30,31)21-8-3-2-4-9-21)16-24(29)27-13-14-32-17-19-7-5-6-10-22(19)26/h2-12,15H,13-14,16-17H2,1H3,(H,27,29). The van der Waals surface area contributed by atoms with Crippen LogP contribution in [0.1, 0.15) is 11.1 Å². The lowest BCUT2D eigenvalue weighted by Crippen LogP contribution is -2.41. The van der Waals surface area contributed by atoms with Gasteiger partial charge in [0.15, 0.2) is 0 Å². The van der Waals surface area contributed by atoms with Crippen molar-refractivity contribution in [3.63, 3.8) is 0 Å². The molecule has 0 heterocycles. The molecule has 1 N–H and O–H groups in total. The largest absolute Gasteiger partial charge is 0.354 e. The number of aryl methyl sites for hydroxylation is 1. The summed E-state index contributed by atoms with van der Waals surface area (Å²) in [7, 11) is -3.95. The van der Waals surface area contributed by atoms with Gasteiger partial charge >= 0.3 is 0 Å². The first-order valence-electron chi connectivity index (χ1n) is 10.2. The molecule has 33 heavy (non-hydrogen) atoms. The number of benzene rings is 3. The molecule has 0 aliphatic rings. The maximum absolute atomic E-state index is 13.4. The Hall–Kier alpha value is -2.19. The summed E-state index contributed by atoms with van der Waals surface area (Å²) < 4.78 is 27.9. The van der Waals surface area contributed by atoms with Crippen LogP contribution in [0.15, 0.2) is 77.7 Å². The van der Waals surface area contributed by atoms with Gasteiger partial charge < -0.3 is 5.32 Å². The molecule has 0 fully saturated rings. The van der Waals surface area contributed by atoms with Crippen LogP contribution in [-0.2, 0) is 20.6 Å². The third-order valence-electron chi connectivity index (χ3n) is 4.83. The van der Waals surface area contributed by atoms with E-state index in [2.05, 4.69) is 5.32 Å². The lowest BCUT2D eigenvalue weighted by Gasteiger charge is -2.25. The number of amides is 1. The molecule has 0 aliphatic carbocycles. The third kappa shape index (κ3) is 6.90. The molecule has 0 spiro atoms. The number of nitrogens with zero attached hydrogens (tertiary/aromatic N) is 1. The second-order valence-corrected chi connectivity index (χ2v) is 11.1. The minimum Gasteiger partial charge on any atom is -0.354 e. The minimum atomic E-state index is -3.95. The summed E-state index contributed by atoms with van der Waals surface area (Å²) in [5, 5.41) is 4.02. The molecule has 9 heteroatoms. The maximum atomic E-state index is 13.4. The SMILES string of the molecule is Cc1cc(Cl)ccc1N(CC(=O)NCCSCc1ccccc1Cl)S(=O)(=O)c1ccccc1. The van der Waals surface area contributed by atoms with Crippen molar-refractivity contribution in [2.24, 2.45) is 0 Å². The van der Waals surface area contributed by atoms with Crippen LogP contribution >= 0.6 is 35.0 Å². The summed E-state index contributed by atoms with van der Waals surface area (Å²) in [6, 6.07) is 20.6. The van der Waals surface area contributed by atoms with Gasteiger partial charge in [-0.3, -0.25) is 9.10 Å². The number of halogens is 2. The second-order valence-electron chi connectivity index (χ2n) is 7.25. The summed E-state index contributed by atoms with van der Waals surface area (Å²) in [6.45, 7) is 1.83. The normalized spacial score (nSPS) is 11.2. The van der Waals surface area contributed by atoms with Crippen molar-refractivity contribution >= 4 is 56.6 Å². The fraction of sp³-hybridized carbons (Fsp3) is 0.208. The van der Waals surface area contributed by atoms with E-state index in [-0.39, 0.29) is 17.3 Å². The lowest BCUT2D eigenvalue weighted by molar-refractivity contribution is -0.119. The highest BCUT2D eigenvalue weighted by Gasteiger charge is 2.28. The van der Waals surface area contributed by atoms with Gasteiger partial charge in [0.25, 0.3) is 10.0 Å². The molecular weight excluding hydrogens is 499 g/mol. The van der Waals surface area contributed by atoms with E-state index < -0.39 is 10.0 Å². The summed E-state index contributed by atoms with van der Waals surface area (Å²) in [6.07, 6.45) is 0. The predicted octanol–water partition coefficient (Wildman–Crippen LogP) is 5.55. The Morgan fingerprint density at radius 2 is 1.70 bits per heavy atom. The Morgan fingerprint density at radius 3 is 2.39 bits per heavy atom. The van der Waals surface area contributed by atoms with Gasteiger partial charge in [0, 0.05) is 28.1 Å². The van der Waals surface area contributed by atoms with Crippen LogP contribution in [0.5, 0.6) is 0 Å². The summed E-state index contributed by atoms with van der Waals surface area (Å²) in [5.41, 5.74) is 2.10. The van der Waals surface area contributed by atoms with Gasteiger partial charge in [-0.05, 0) is 54.4 Å². The molecule has 0 aliphatic heterocycles. The fourth-order valence-electron chi connectivity index (χ4n) is 3.16. The van der Waals surface area contributed by atoms with Gasteiger partial charge in [-0.1, -0.05) is 59.6 Å². The van der Waals surface area contributed by atoms with Crippen LogP contribution < -0.4 is 9.62 Å². The lowest BCUT2D eigenvalue weighted by atomic mass is 10.2. The summed E-state index contributed by atoms with van der Waals surface area (Å²) >= 11 is 13.9. The smallest absolute Gasteiger partial charge is 0.264 e. The predicted molar refractivity (Wildman–Crippen MR) is 138 cm³/mol. The molecule has 174 valence electrons. The molecule has 0 radical (unpaired) electrons. The number of carbonyl (C=O) groups excluding carboxylic acids is 1. The van der Waals surface area contributed by atoms with Crippen molar-refractivity contribution in [3.8, 4) is 0 Å². The summed E-state index contributed by atoms with van der Waals surface area (Å²) in [5.74, 6) is 1.01. The Kier molecular flexibility index (Phi) is 9.09. The zero-order valence-corrected chi connectivity index (χ0v) is 21.1. The molecule has 0 saturated heterocycles. The molecular formula is C24H24Cl2N2O3S2. The number of hydrogen-bond acceptors (Lipinski definition) is 4. The maximum Gasteiger partial charge on any atom is 0.264 e. The zero-order chi connectivity index (χ0) is 23.8. The van der Waals surface area contributed by atoms with Crippen LogP contribution in [0.2, 0.25) is 10.0 Å². The van der Waals surface area contributed by atoms with E-state index in [1.807, 2.05) is 24.3 Å². The Balaban J connectivity index is 1.67. The van der Waals surface area contributed by atoms with Crippen LogP contribution in [0.25, 0.3) is 0 Å². The average Bonchev–Trinajstić information content (AvgIpc) is 2.79. The molecule has 0 bridgehead atoms. The fourth-order valence-corrected chi connectivity index (χ4v) is 6.04. The van der Waals surface area contributed by atoms with E-state index in [9.17, 15) is 13.2 Å². The van der Waals surface area contributed by atoms with Crippen molar-refractivity contribution < 1.29 is 13.2 Å². The van der Waals surface area contributed by atoms with Crippen molar-refractivity contribution in [1.29, 1.82) is 0 Å². The number of hydrogen-bond donors (Lipinski definition) is 1. The zero-order valence-electron chi connectivity index (χ0n) is 18.0. The topological polar surface area (TPSA) is 66.5 Å². The van der Waals surface area contributed by atoms with Crippen LogP contribution in [0.4, 0.5) is 5.69 Å². The molecule has 3 rings (SSSR count). The molecule has 1 amide bonds. The molecule has 3 aromatic rings. The van der Waals surface area contributed by atoms with Crippen LogP contribution in [0, 0.1) is 6.92 Å². The van der Waals surface area contributed by atoms with Gasteiger partial charge in [-0.15, -0.1) is 0 Å². The number of sulfonamides is 1. The molecule has 5 nitrogen and oxygen atoms in total. The van der Waals surface area contributed by atoms with Gasteiger partial charge in [0.05, 0.1) is 10.6 Å². The molecule has 3 aromatic carbocycles. The number of thioether (sulfide) groups is 1. The first-order chi connectivity index (χ1) is 15.8. The Labute approximate surface area is 209 Å². The first kappa shape index (κ1) is 25.4. The molecule has 0 atom stereocenters. The molecule has 0 unspecified atom stereocenters. The Morgan fingerprint density at radius 1 is 1.00 bits per heavy atom. The van der Waals surface area contributed by atoms with Crippen molar-refractivity contribution in [1.82, 2.24) is 5.32 Å². The van der Waals surface area contributed by atoms with Gasteiger partial charge in [-0.2, -0.15) is 11.8 Å². The highest BCUT2D eigenvalue weighted by molar-refractivity contribution is 7.98. The van der Waals surface area contributed by atoms with Gasteiger partial charge in [0.2, 0.25) is 5.91 Å². The third-order valence-corrected chi connectivity index (χ3v) is 8.22. The van der Waals surface area contributed by atoms with Gasteiger partial charge in [0.1, 0.15) is 6.54 Å². The van der Waals surface area contributed by atoms with Crippen LogP contribution in [0.3, 0.4) is 0 Å². The second kappa shape index (κ2) is 11.8. The average molecular weight is 524 g/mol. The number of carbonyl (C=O) groups is 1. The van der Waals surface area contributed by atoms with E-state index in [1.165, 1.54) is 12.1 Å². The van der Waals surface area contributed by atoms with Crippen molar-refractivity contribution in [2.45, 2.75) is 17.6 Å². The molecule has 0 saturated carbocycles. The van der Waals surface area contributed by atoms with Crippen LogP contribution in [-0.4, -0.2) is 33.2 Å². The van der Waals surface area contributed by atoms with E-state index in [4.69, 9.17) is 23.2 Å².